The predicted molar refractivity (Wildman–Crippen MR) is 107 cm³/mol. The molecule has 0 N–H and O–H groups in total. The lowest BCUT2D eigenvalue weighted by atomic mass is 10.1. The van der Waals surface area contributed by atoms with Crippen molar-refractivity contribution in [1.29, 1.82) is 0 Å². The number of hydrogen-bond acceptors (Lipinski definition) is 0. The van der Waals surface area contributed by atoms with Crippen LogP contribution in [-0.2, 0) is 4.80 Å². The summed E-state index contributed by atoms with van der Waals surface area (Å²) in [5.74, 6) is 0. The second-order valence-corrected chi connectivity index (χ2v) is 12.7. The van der Waals surface area contributed by atoms with Crippen molar-refractivity contribution in [1.82, 2.24) is 0 Å². The van der Waals surface area contributed by atoms with Crippen LogP contribution in [0.4, 0.5) is 0 Å². The molecule has 1 radical (unpaired) electrons. The van der Waals surface area contributed by atoms with E-state index in [2.05, 4.69) is 41.5 Å². The lowest BCUT2D eigenvalue weighted by Gasteiger charge is -2.39. The molecule has 0 aromatic carbocycles. The molecule has 3 unspecified atom stereocenters. The average Bonchev–Trinajstić information content (AvgIpc) is 2.54. The van der Waals surface area contributed by atoms with Crippen molar-refractivity contribution in [3.8, 4) is 0 Å². The van der Waals surface area contributed by atoms with Gasteiger partial charge in [-0.1, -0.05) is 119 Å². The molecule has 1 nitrogen and oxygen atoms in total. The zero-order valence-corrected chi connectivity index (χ0v) is 18.1. The van der Waals surface area contributed by atoms with Crippen molar-refractivity contribution in [2.24, 2.45) is 0 Å². The summed E-state index contributed by atoms with van der Waals surface area (Å²) in [6, 6.07) is 0. The molecular formula is C21H45OSi. The second kappa shape index (κ2) is 13.5. The molecule has 0 heterocycles. The molecule has 0 saturated heterocycles. The van der Waals surface area contributed by atoms with E-state index in [4.69, 9.17) is 0 Å². The molecule has 0 aromatic rings. The molecule has 0 aliphatic rings. The summed E-state index contributed by atoms with van der Waals surface area (Å²) in [6.07, 6.45) is 15.0. The van der Waals surface area contributed by atoms with Crippen molar-refractivity contribution in [3.63, 3.8) is 0 Å². The molecule has 0 amide bonds. The molecular weight excluding hydrogens is 296 g/mol. The van der Waals surface area contributed by atoms with Crippen molar-refractivity contribution in [2.45, 2.75) is 135 Å². The Bertz CT molecular complexity index is 226. The molecule has 0 fully saturated rings. The van der Waals surface area contributed by atoms with E-state index in [1.54, 1.807) is 0 Å². The fourth-order valence-electron chi connectivity index (χ4n) is 4.24. The molecule has 0 saturated carbocycles. The molecule has 139 valence electrons. The number of rotatable bonds is 15. The first-order chi connectivity index (χ1) is 10.9. The zero-order valence-electron chi connectivity index (χ0n) is 17.1. The first-order valence-corrected chi connectivity index (χ1v) is 12.8. The Kier molecular flexibility index (Phi) is 13.6. The van der Waals surface area contributed by atoms with Gasteiger partial charge in [-0.3, -0.25) is 4.80 Å². The van der Waals surface area contributed by atoms with Gasteiger partial charge in [0.25, 0.3) is 0 Å². The highest BCUT2D eigenvalue weighted by molar-refractivity contribution is 6.76. The third kappa shape index (κ3) is 8.20. The maximum absolute atomic E-state index is 14.1. The van der Waals surface area contributed by atoms with E-state index in [9.17, 15) is 4.80 Å². The summed E-state index contributed by atoms with van der Waals surface area (Å²) < 4.78 is 0. The van der Waals surface area contributed by atoms with E-state index < -0.39 is 8.32 Å². The molecule has 0 aliphatic heterocycles. The summed E-state index contributed by atoms with van der Waals surface area (Å²) >= 11 is 0. The van der Waals surface area contributed by atoms with Gasteiger partial charge in [-0.05, 0) is 16.6 Å². The van der Waals surface area contributed by atoms with Crippen LogP contribution >= 0.6 is 0 Å². The van der Waals surface area contributed by atoms with Gasteiger partial charge in [-0.25, -0.2) is 0 Å². The SMILES string of the molecule is CCCCCC(C)[Si]([O])(C(C)CCCCC)C(C)CCCCC. The monoisotopic (exact) mass is 341 g/mol. The molecule has 0 aliphatic carbocycles. The van der Waals surface area contributed by atoms with Crippen LogP contribution in [0.2, 0.25) is 16.6 Å². The third-order valence-electron chi connectivity index (χ3n) is 6.03. The largest absolute Gasteiger partial charge is 0.296 e. The first-order valence-electron chi connectivity index (χ1n) is 10.6. The molecule has 0 bridgehead atoms. The highest BCUT2D eigenvalue weighted by atomic mass is 28.4. The Morgan fingerprint density at radius 3 is 1.04 bits per heavy atom. The van der Waals surface area contributed by atoms with Gasteiger partial charge in [0.05, 0.1) is 0 Å². The van der Waals surface area contributed by atoms with Gasteiger partial charge in [0.15, 0.2) is 0 Å². The summed E-state index contributed by atoms with van der Waals surface area (Å²) in [5, 5.41) is 0. The minimum absolute atomic E-state index is 0.447. The maximum Gasteiger partial charge on any atom is 0.245 e. The maximum atomic E-state index is 14.1. The minimum Gasteiger partial charge on any atom is -0.296 e. The molecule has 3 atom stereocenters. The van der Waals surface area contributed by atoms with E-state index in [0.717, 1.165) is 0 Å². The minimum atomic E-state index is -2.46. The molecule has 0 spiro atoms. The van der Waals surface area contributed by atoms with E-state index in [-0.39, 0.29) is 0 Å². The van der Waals surface area contributed by atoms with Crippen molar-refractivity contribution < 1.29 is 4.80 Å². The molecule has 2 heteroatoms. The van der Waals surface area contributed by atoms with Crippen LogP contribution in [0.25, 0.3) is 0 Å². The average molecular weight is 342 g/mol. The van der Waals surface area contributed by atoms with Gasteiger partial charge in [-0.2, -0.15) is 0 Å². The van der Waals surface area contributed by atoms with Crippen LogP contribution in [0.1, 0.15) is 119 Å². The Hall–Kier alpha value is 0.177. The summed E-state index contributed by atoms with van der Waals surface area (Å²) in [6.45, 7) is 13.7. The van der Waals surface area contributed by atoms with Gasteiger partial charge in [0.1, 0.15) is 0 Å². The fourth-order valence-corrected chi connectivity index (χ4v) is 9.12. The molecule has 0 rings (SSSR count). The Morgan fingerprint density at radius 2 is 0.826 bits per heavy atom. The van der Waals surface area contributed by atoms with Crippen LogP contribution in [-0.4, -0.2) is 8.32 Å². The van der Waals surface area contributed by atoms with Crippen molar-refractivity contribution in [3.05, 3.63) is 0 Å². The van der Waals surface area contributed by atoms with E-state index in [0.29, 0.717) is 16.6 Å². The third-order valence-corrected chi connectivity index (χ3v) is 11.5. The van der Waals surface area contributed by atoms with Crippen molar-refractivity contribution in [2.75, 3.05) is 0 Å². The van der Waals surface area contributed by atoms with E-state index >= 15 is 0 Å². The smallest absolute Gasteiger partial charge is 0.245 e. The summed E-state index contributed by atoms with van der Waals surface area (Å²) in [7, 11) is -2.46. The zero-order chi connectivity index (χ0) is 17.7. The van der Waals surface area contributed by atoms with Gasteiger partial charge >= 0.3 is 0 Å². The second-order valence-electron chi connectivity index (χ2n) is 8.04. The van der Waals surface area contributed by atoms with Crippen LogP contribution < -0.4 is 0 Å². The predicted octanol–water partition coefficient (Wildman–Crippen LogP) is 8.27. The van der Waals surface area contributed by atoms with E-state index in [1.807, 2.05) is 0 Å². The Balaban J connectivity index is 4.84. The highest BCUT2D eigenvalue weighted by Gasteiger charge is 2.48. The van der Waals surface area contributed by atoms with Gasteiger partial charge < -0.3 is 0 Å². The van der Waals surface area contributed by atoms with Crippen LogP contribution in [0.5, 0.6) is 0 Å². The lowest BCUT2D eigenvalue weighted by Crippen LogP contribution is -2.46. The highest BCUT2D eigenvalue weighted by Crippen LogP contribution is 2.46. The Morgan fingerprint density at radius 1 is 0.565 bits per heavy atom. The topological polar surface area (TPSA) is 19.9 Å². The quantitative estimate of drug-likeness (QED) is 0.211. The Labute approximate surface area is 148 Å². The number of unbranched alkanes of at least 4 members (excludes halogenated alkanes) is 6. The van der Waals surface area contributed by atoms with E-state index in [1.165, 1.54) is 77.0 Å². The van der Waals surface area contributed by atoms with Gasteiger partial charge in [0.2, 0.25) is 8.32 Å². The van der Waals surface area contributed by atoms with Crippen LogP contribution in [0.3, 0.4) is 0 Å². The first kappa shape index (κ1) is 23.2. The molecule has 23 heavy (non-hydrogen) atoms. The fraction of sp³-hybridized carbons (Fsp3) is 1.00. The summed E-state index contributed by atoms with van der Waals surface area (Å²) in [5.41, 5.74) is 1.34. The normalized spacial score (nSPS) is 18.4. The van der Waals surface area contributed by atoms with Crippen LogP contribution in [0.15, 0.2) is 0 Å². The molecule has 0 aromatic heterocycles. The van der Waals surface area contributed by atoms with Gasteiger partial charge in [-0.15, -0.1) is 0 Å². The lowest BCUT2D eigenvalue weighted by molar-refractivity contribution is 0.347. The van der Waals surface area contributed by atoms with Crippen molar-refractivity contribution >= 4 is 8.32 Å². The number of hydrogen-bond donors (Lipinski definition) is 0. The van der Waals surface area contributed by atoms with Gasteiger partial charge in [0, 0.05) is 0 Å². The summed E-state index contributed by atoms with van der Waals surface area (Å²) in [4.78, 5) is 14.1. The standard InChI is InChI=1S/C21H45OSi/c1-7-10-13-16-19(4)23(22,20(5)17-14-11-8-2)21(6)18-15-12-9-3/h19-21H,7-18H2,1-6H3. The van der Waals surface area contributed by atoms with Crippen LogP contribution in [0, 0.1) is 0 Å².